The zero-order chi connectivity index (χ0) is 10.8. The summed E-state index contributed by atoms with van der Waals surface area (Å²) in [6, 6.07) is 0. The lowest BCUT2D eigenvalue weighted by atomic mass is 10.00. The molecule has 0 aliphatic carbocycles. The molecule has 0 heterocycles. The van der Waals surface area contributed by atoms with Crippen LogP contribution in [0.4, 0.5) is 0 Å². The van der Waals surface area contributed by atoms with E-state index in [1.165, 1.54) is 12.8 Å². The van der Waals surface area contributed by atoms with Gasteiger partial charge in [0.2, 0.25) is 0 Å². The molecule has 0 rings (SSSR count). The molecule has 0 aliphatic rings. The number of rotatable bonds is 9. The highest BCUT2D eigenvalue weighted by Gasteiger charge is 2.00. The molecule has 0 saturated heterocycles. The van der Waals surface area contributed by atoms with Gasteiger partial charge in [-0.05, 0) is 19.3 Å². The Kier molecular flexibility index (Phi) is 8.50. The van der Waals surface area contributed by atoms with Crippen LogP contribution in [0.25, 0.3) is 0 Å². The van der Waals surface area contributed by atoms with Crippen LogP contribution in [0.1, 0.15) is 58.8 Å². The van der Waals surface area contributed by atoms with Gasteiger partial charge in [-0.1, -0.05) is 32.6 Å². The smallest absolute Gasteiger partial charge is 0.129 e. The van der Waals surface area contributed by atoms with Crippen LogP contribution < -0.4 is 0 Å². The lowest BCUT2D eigenvalue weighted by molar-refractivity contribution is -0.117. The second kappa shape index (κ2) is 8.92. The van der Waals surface area contributed by atoms with Crippen LogP contribution in [0.3, 0.4) is 0 Å². The average Bonchev–Trinajstić information content (AvgIpc) is 2.11. The van der Waals surface area contributed by atoms with Crippen LogP contribution >= 0.6 is 0 Å². The summed E-state index contributed by atoms with van der Waals surface area (Å²) in [5.41, 5.74) is 0. The number of Topliss-reactive ketones (excluding diaryl/α,β-unsaturated/α-hetero) is 1. The minimum atomic E-state index is 0.291. The molecule has 1 unspecified atom stereocenters. The molecule has 2 nitrogen and oxygen atoms in total. The van der Waals surface area contributed by atoms with E-state index in [2.05, 4.69) is 6.92 Å². The molecule has 0 aromatic carbocycles. The van der Waals surface area contributed by atoms with E-state index in [1.807, 2.05) is 0 Å². The van der Waals surface area contributed by atoms with Gasteiger partial charge in [0.1, 0.15) is 12.1 Å². The predicted molar refractivity (Wildman–Crippen MR) is 58.2 cm³/mol. The molecule has 0 N–H and O–H groups in total. The number of hydrogen-bond donors (Lipinski definition) is 0. The lowest BCUT2D eigenvalue weighted by Crippen LogP contribution is -1.95. The third-order valence-corrected chi connectivity index (χ3v) is 2.47. The average molecular weight is 198 g/mol. The maximum atomic E-state index is 10.6. The maximum Gasteiger partial charge on any atom is 0.129 e. The normalized spacial score (nSPS) is 12.4. The van der Waals surface area contributed by atoms with Crippen molar-refractivity contribution in [2.24, 2.45) is 5.92 Å². The van der Waals surface area contributed by atoms with E-state index in [4.69, 9.17) is 0 Å². The second-order valence-electron chi connectivity index (χ2n) is 4.16. The van der Waals surface area contributed by atoms with E-state index >= 15 is 0 Å². The Balaban J connectivity index is 3.12. The van der Waals surface area contributed by atoms with E-state index in [1.54, 1.807) is 6.92 Å². The van der Waals surface area contributed by atoms with Gasteiger partial charge in [0.25, 0.3) is 0 Å². The molecule has 2 heteroatoms. The number of carbonyl (C=O) groups is 2. The standard InChI is InChI=1S/C12H22O2/c1-11(9-10-13)7-5-3-4-6-8-12(2)14/h10-11H,3-9H2,1-2H3. The number of unbranched alkanes of at least 4 members (excludes halogenated alkanes) is 3. The summed E-state index contributed by atoms with van der Waals surface area (Å²) in [7, 11) is 0. The predicted octanol–water partition coefficient (Wildman–Crippen LogP) is 3.14. The first-order valence-electron chi connectivity index (χ1n) is 5.60. The van der Waals surface area contributed by atoms with Gasteiger partial charge in [-0.3, -0.25) is 0 Å². The van der Waals surface area contributed by atoms with E-state index in [0.29, 0.717) is 18.1 Å². The van der Waals surface area contributed by atoms with Gasteiger partial charge in [0.05, 0.1) is 0 Å². The third kappa shape index (κ3) is 9.43. The fourth-order valence-corrected chi connectivity index (χ4v) is 1.50. The first kappa shape index (κ1) is 13.3. The first-order valence-corrected chi connectivity index (χ1v) is 5.60. The quantitative estimate of drug-likeness (QED) is 0.421. The molecule has 0 bridgehead atoms. The molecular weight excluding hydrogens is 176 g/mol. The van der Waals surface area contributed by atoms with Gasteiger partial charge in [0.15, 0.2) is 0 Å². The van der Waals surface area contributed by atoms with Crippen molar-refractivity contribution in [1.82, 2.24) is 0 Å². The Morgan fingerprint density at radius 3 is 2.43 bits per heavy atom. The fourth-order valence-electron chi connectivity index (χ4n) is 1.50. The number of hydrogen-bond acceptors (Lipinski definition) is 2. The summed E-state index contributed by atoms with van der Waals surface area (Å²) in [6.45, 7) is 3.76. The van der Waals surface area contributed by atoms with Gasteiger partial charge in [-0.25, -0.2) is 0 Å². The summed E-state index contributed by atoms with van der Waals surface area (Å²) in [6.07, 6.45) is 8.10. The molecule has 0 fully saturated rings. The molecule has 0 radical (unpaired) electrons. The topological polar surface area (TPSA) is 34.1 Å². The van der Waals surface area contributed by atoms with Gasteiger partial charge >= 0.3 is 0 Å². The van der Waals surface area contributed by atoms with Crippen molar-refractivity contribution in [3.8, 4) is 0 Å². The fraction of sp³-hybridized carbons (Fsp3) is 0.833. The lowest BCUT2D eigenvalue weighted by Gasteiger charge is -2.06. The Hall–Kier alpha value is -0.660. The molecule has 0 aromatic heterocycles. The van der Waals surface area contributed by atoms with Crippen LogP contribution in [-0.4, -0.2) is 12.1 Å². The highest BCUT2D eigenvalue weighted by molar-refractivity contribution is 5.75. The van der Waals surface area contributed by atoms with E-state index in [0.717, 1.165) is 32.0 Å². The zero-order valence-electron chi connectivity index (χ0n) is 9.42. The van der Waals surface area contributed by atoms with Crippen molar-refractivity contribution < 1.29 is 9.59 Å². The highest BCUT2D eigenvalue weighted by Crippen LogP contribution is 2.13. The number of carbonyl (C=O) groups excluding carboxylic acids is 2. The Morgan fingerprint density at radius 2 is 1.86 bits per heavy atom. The summed E-state index contributed by atoms with van der Waals surface area (Å²) in [5.74, 6) is 0.819. The van der Waals surface area contributed by atoms with Gasteiger partial charge in [-0.15, -0.1) is 0 Å². The van der Waals surface area contributed by atoms with Crippen LogP contribution in [0.5, 0.6) is 0 Å². The van der Waals surface area contributed by atoms with Crippen molar-refractivity contribution >= 4 is 12.1 Å². The first-order chi connectivity index (χ1) is 6.66. The van der Waals surface area contributed by atoms with Crippen molar-refractivity contribution in [1.29, 1.82) is 0 Å². The van der Waals surface area contributed by atoms with E-state index < -0.39 is 0 Å². The summed E-state index contributed by atoms with van der Waals surface area (Å²) in [4.78, 5) is 20.8. The van der Waals surface area contributed by atoms with Crippen LogP contribution in [0.15, 0.2) is 0 Å². The van der Waals surface area contributed by atoms with Crippen molar-refractivity contribution in [3.63, 3.8) is 0 Å². The van der Waals surface area contributed by atoms with Gasteiger partial charge in [0, 0.05) is 12.8 Å². The minimum absolute atomic E-state index is 0.291. The Labute approximate surface area is 87.1 Å². The van der Waals surface area contributed by atoms with E-state index in [-0.39, 0.29) is 0 Å². The molecule has 0 aliphatic heterocycles. The largest absolute Gasteiger partial charge is 0.303 e. The molecule has 0 saturated carbocycles. The summed E-state index contributed by atoms with van der Waals surface area (Å²) >= 11 is 0. The number of aldehydes is 1. The van der Waals surface area contributed by atoms with Crippen molar-refractivity contribution in [2.45, 2.75) is 58.8 Å². The number of ketones is 1. The van der Waals surface area contributed by atoms with Crippen molar-refractivity contribution in [3.05, 3.63) is 0 Å². The molecule has 14 heavy (non-hydrogen) atoms. The maximum absolute atomic E-state index is 10.6. The Bertz CT molecular complexity index is 164. The molecule has 0 aromatic rings. The zero-order valence-corrected chi connectivity index (χ0v) is 9.42. The SMILES string of the molecule is CC(=O)CCCCCCC(C)CC=O. The molecular formula is C12H22O2. The van der Waals surface area contributed by atoms with Crippen LogP contribution in [0.2, 0.25) is 0 Å². The summed E-state index contributed by atoms with van der Waals surface area (Å²) in [5, 5.41) is 0. The molecule has 0 spiro atoms. The molecule has 82 valence electrons. The van der Waals surface area contributed by atoms with Gasteiger partial charge < -0.3 is 9.59 Å². The highest BCUT2D eigenvalue weighted by atomic mass is 16.1. The third-order valence-electron chi connectivity index (χ3n) is 2.47. The van der Waals surface area contributed by atoms with Crippen LogP contribution in [0, 0.1) is 5.92 Å². The minimum Gasteiger partial charge on any atom is -0.303 e. The van der Waals surface area contributed by atoms with Gasteiger partial charge in [-0.2, -0.15) is 0 Å². The Morgan fingerprint density at radius 1 is 1.21 bits per heavy atom. The molecule has 1 atom stereocenters. The van der Waals surface area contributed by atoms with E-state index in [9.17, 15) is 9.59 Å². The molecule has 0 amide bonds. The van der Waals surface area contributed by atoms with Crippen LogP contribution in [-0.2, 0) is 9.59 Å². The van der Waals surface area contributed by atoms with Crippen molar-refractivity contribution in [2.75, 3.05) is 0 Å². The second-order valence-corrected chi connectivity index (χ2v) is 4.16. The summed E-state index contributed by atoms with van der Waals surface area (Å²) < 4.78 is 0. The monoisotopic (exact) mass is 198 g/mol.